The van der Waals surface area contributed by atoms with Crippen molar-refractivity contribution in [3.05, 3.63) is 27.7 Å². The fraction of sp³-hybridized carbons (Fsp3) is 0.583. The van der Waals surface area contributed by atoms with E-state index in [4.69, 9.17) is 0 Å². The number of hydrogen-bond donors (Lipinski definition) is 1. The molecule has 0 aromatic carbocycles. The molecule has 6 heteroatoms. The molecule has 1 N–H and O–H groups in total. The van der Waals surface area contributed by atoms with Crippen LogP contribution in [0.25, 0.3) is 0 Å². The van der Waals surface area contributed by atoms with E-state index in [9.17, 15) is 0 Å². The second-order valence-corrected chi connectivity index (χ2v) is 5.51. The third-order valence-electron chi connectivity index (χ3n) is 2.89. The van der Waals surface area contributed by atoms with Gasteiger partial charge in [0, 0.05) is 17.5 Å². The standard InChI is InChI=1S/C12H19N5S/c1-5-17-11(14-7-15-17)6-13-8(2)12-9(3)16-10(4)18-12/h7-8,13H,5-6H2,1-4H3. The zero-order valence-corrected chi connectivity index (χ0v) is 12.1. The van der Waals surface area contributed by atoms with Gasteiger partial charge in [-0.05, 0) is 27.7 Å². The normalized spacial score (nSPS) is 12.9. The second kappa shape index (κ2) is 5.58. The first-order valence-electron chi connectivity index (χ1n) is 6.15. The molecule has 0 fully saturated rings. The zero-order chi connectivity index (χ0) is 13.1. The quantitative estimate of drug-likeness (QED) is 0.900. The molecule has 0 bridgehead atoms. The summed E-state index contributed by atoms with van der Waals surface area (Å²) in [6, 6.07) is 0.290. The van der Waals surface area contributed by atoms with Crippen molar-refractivity contribution in [3.8, 4) is 0 Å². The predicted octanol–water partition coefficient (Wildman–Crippen LogP) is 2.22. The van der Waals surface area contributed by atoms with Gasteiger partial charge in [0.05, 0.1) is 17.2 Å². The Balaban J connectivity index is 2.00. The van der Waals surface area contributed by atoms with Gasteiger partial charge in [-0.3, -0.25) is 0 Å². The molecule has 2 heterocycles. The Morgan fingerprint density at radius 1 is 1.44 bits per heavy atom. The summed E-state index contributed by atoms with van der Waals surface area (Å²) < 4.78 is 1.91. The number of aryl methyl sites for hydroxylation is 3. The highest BCUT2D eigenvalue weighted by atomic mass is 32.1. The topological polar surface area (TPSA) is 55.6 Å². The first kappa shape index (κ1) is 13.2. The van der Waals surface area contributed by atoms with Crippen molar-refractivity contribution < 1.29 is 0 Å². The lowest BCUT2D eigenvalue weighted by Gasteiger charge is -2.12. The summed E-state index contributed by atoms with van der Waals surface area (Å²) in [5, 5.41) is 8.76. The summed E-state index contributed by atoms with van der Waals surface area (Å²) in [5.41, 5.74) is 1.12. The van der Waals surface area contributed by atoms with Crippen LogP contribution in [0, 0.1) is 13.8 Å². The van der Waals surface area contributed by atoms with Gasteiger partial charge in [0.2, 0.25) is 0 Å². The summed E-state index contributed by atoms with van der Waals surface area (Å²) in [6.07, 6.45) is 1.60. The molecule has 98 valence electrons. The molecule has 0 saturated carbocycles. The van der Waals surface area contributed by atoms with Gasteiger partial charge >= 0.3 is 0 Å². The maximum Gasteiger partial charge on any atom is 0.140 e. The Kier molecular flexibility index (Phi) is 4.08. The van der Waals surface area contributed by atoms with Crippen LogP contribution in [0.1, 0.15) is 41.3 Å². The summed E-state index contributed by atoms with van der Waals surface area (Å²) >= 11 is 1.75. The SMILES string of the molecule is CCn1ncnc1CNC(C)c1sc(C)nc1C. The average molecular weight is 265 g/mol. The molecule has 0 spiro atoms. The minimum absolute atomic E-state index is 0.290. The summed E-state index contributed by atoms with van der Waals surface area (Å²) in [5.74, 6) is 0.975. The molecule has 2 aromatic rings. The highest BCUT2D eigenvalue weighted by Gasteiger charge is 2.13. The third kappa shape index (κ3) is 2.76. The molecule has 2 aromatic heterocycles. The van der Waals surface area contributed by atoms with E-state index in [0.29, 0.717) is 6.04 Å². The molecule has 1 atom stereocenters. The minimum atomic E-state index is 0.290. The first-order chi connectivity index (χ1) is 8.61. The Hall–Kier alpha value is -1.27. The van der Waals surface area contributed by atoms with Crippen LogP contribution in [-0.2, 0) is 13.1 Å². The van der Waals surface area contributed by atoms with E-state index >= 15 is 0 Å². The highest BCUT2D eigenvalue weighted by Crippen LogP contribution is 2.24. The summed E-state index contributed by atoms with van der Waals surface area (Å²) in [6.45, 7) is 9.91. The van der Waals surface area contributed by atoms with Crippen molar-refractivity contribution in [3.63, 3.8) is 0 Å². The smallest absolute Gasteiger partial charge is 0.140 e. The fourth-order valence-corrected chi connectivity index (χ4v) is 2.93. The van der Waals surface area contributed by atoms with E-state index in [1.807, 2.05) is 11.6 Å². The van der Waals surface area contributed by atoms with Crippen LogP contribution in [0.5, 0.6) is 0 Å². The molecule has 0 saturated heterocycles. The van der Waals surface area contributed by atoms with E-state index in [1.165, 1.54) is 4.88 Å². The number of aromatic nitrogens is 4. The highest BCUT2D eigenvalue weighted by molar-refractivity contribution is 7.11. The molecule has 0 aliphatic rings. The van der Waals surface area contributed by atoms with Crippen molar-refractivity contribution in [2.45, 2.75) is 46.8 Å². The van der Waals surface area contributed by atoms with Crippen LogP contribution in [0.4, 0.5) is 0 Å². The van der Waals surface area contributed by atoms with Crippen LogP contribution < -0.4 is 5.32 Å². The first-order valence-corrected chi connectivity index (χ1v) is 6.97. The maximum atomic E-state index is 4.46. The lowest BCUT2D eigenvalue weighted by atomic mass is 10.2. The minimum Gasteiger partial charge on any atom is -0.302 e. The molecule has 1 unspecified atom stereocenters. The fourth-order valence-electron chi connectivity index (χ4n) is 1.98. The van der Waals surface area contributed by atoms with Gasteiger partial charge < -0.3 is 5.32 Å². The van der Waals surface area contributed by atoms with Gasteiger partial charge in [0.15, 0.2) is 0 Å². The van der Waals surface area contributed by atoms with Crippen molar-refractivity contribution in [2.75, 3.05) is 0 Å². The molecule has 0 aliphatic heterocycles. The Labute approximate surface area is 111 Å². The van der Waals surface area contributed by atoms with Crippen LogP contribution in [-0.4, -0.2) is 19.7 Å². The van der Waals surface area contributed by atoms with E-state index in [1.54, 1.807) is 17.7 Å². The van der Waals surface area contributed by atoms with E-state index < -0.39 is 0 Å². The van der Waals surface area contributed by atoms with Crippen LogP contribution in [0.15, 0.2) is 6.33 Å². The largest absolute Gasteiger partial charge is 0.302 e. The van der Waals surface area contributed by atoms with Gasteiger partial charge in [0.1, 0.15) is 12.2 Å². The van der Waals surface area contributed by atoms with Gasteiger partial charge in [-0.2, -0.15) is 5.10 Å². The number of nitrogens with zero attached hydrogens (tertiary/aromatic N) is 4. The van der Waals surface area contributed by atoms with Crippen molar-refractivity contribution in [2.24, 2.45) is 0 Å². The van der Waals surface area contributed by atoms with Crippen LogP contribution in [0.2, 0.25) is 0 Å². The number of rotatable bonds is 5. The molecular formula is C12H19N5S. The second-order valence-electron chi connectivity index (χ2n) is 4.28. The van der Waals surface area contributed by atoms with Crippen molar-refractivity contribution in [1.82, 2.24) is 25.1 Å². The van der Waals surface area contributed by atoms with Crippen LogP contribution >= 0.6 is 11.3 Å². The Bertz CT molecular complexity index is 516. The van der Waals surface area contributed by atoms with Gasteiger partial charge in [-0.25, -0.2) is 14.6 Å². The third-order valence-corrected chi connectivity index (χ3v) is 4.15. The van der Waals surface area contributed by atoms with E-state index in [-0.39, 0.29) is 0 Å². The molecule has 0 radical (unpaired) electrons. The summed E-state index contributed by atoms with van der Waals surface area (Å²) in [7, 11) is 0. The molecular weight excluding hydrogens is 246 g/mol. The number of hydrogen-bond acceptors (Lipinski definition) is 5. The van der Waals surface area contributed by atoms with Gasteiger partial charge in [-0.15, -0.1) is 11.3 Å². The van der Waals surface area contributed by atoms with Crippen molar-refractivity contribution in [1.29, 1.82) is 0 Å². The number of nitrogens with one attached hydrogen (secondary N) is 1. The predicted molar refractivity (Wildman–Crippen MR) is 72.5 cm³/mol. The molecule has 18 heavy (non-hydrogen) atoms. The maximum absolute atomic E-state index is 4.46. The number of thiazole rings is 1. The Morgan fingerprint density at radius 2 is 2.22 bits per heavy atom. The van der Waals surface area contributed by atoms with Crippen LogP contribution in [0.3, 0.4) is 0 Å². The molecule has 0 aliphatic carbocycles. The zero-order valence-electron chi connectivity index (χ0n) is 11.3. The van der Waals surface area contributed by atoms with E-state index in [0.717, 1.165) is 29.6 Å². The van der Waals surface area contributed by atoms with Gasteiger partial charge in [-0.1, -0.05) is 0 Å². The Morgan fingerprint density at radius 3 is 2.83 bits per heavy atom. The molecule has 5 nitrogen and oxygen atoms in total. The summed E-state index contributed by atoms with van der Waals surface area (Å²) in [4.78, 5) is 10.0. The monoisotopic (exact) mass is 265 g/mol. The van der Waals surface area contributed by atoms with Gasteiger partial charge in [0.25, 0.3) is 0 Å². The molecule has 2 rings (SSSR count). The van der Waals surface area contributed by atoms with E-state index in [2.05, 4.69) is 41.2 Å². The average Bonchev–Trinajstić information content (AvgIpc) is 2.92. The lowest BCUT2D eigenvalue weighted by Crippen LogP contribution is -2.20. The van der Waals surface area contributed by atoms with Crippen molar-refractivity contribution >= 4 is 11.3 Å². The lowest BCUT2D eigenvalue weighted by molar-refractivity contribution is 0.526. The molecule has 0 amide bonds.